The molecule has 0 aromatic rings. The van der Waals surface area contributed by atoms with E-state index in [-0.39, 0.29) is 21.7 Å². The van der Waals surface area contributed by atoms with Crippen LogP contribution in [0.5, 0.6) is 0 Å². The van der Waals surface area contributed by atoms with Crippen molar-refractivity contribution in [1.82, 2.24) is 0 Å². The van der Waals surface area contributed by atoms with E-state index in [1.165, 1.54) is 0 Å². The van der Waals surface area contributed by atoms with Gasteiger partial charge in [-0.3, -0.25) is 6.08 Å². The Morgan fingerprint density at radius 1 is 0.714 bits per heavy atom. The zero-order chi connectivity index (χ0) is 15.9. The van der Waals surface area contributed by atoms with Crippen molar-refractivity contribution in [2.45, 2.75) is 48.0 Å². The van der Waals surface area contributed by atoms with Crippen LogP contribution in [0.25, 0.3) is 16.0 Å². The van der Waals surface area contributed by atoms with Gasteiger partial charge in [0, 0.05) is 0 Å². The summed E-state index contributed by atoms with van der Waals surface area (Å²) in [7, 11) is 0. The van der Waals surface area contributed by atoms with Crippen LogP contribution in [0, 0.1) is 6.08 Å². The van der Waals surface area contributed by atoms with Gasteiger partial charge in [0.05, 0.1) is 0 Å². The summed E-state index contributed by atoms with van der Waals surface area (Å²) < 4.78 is 0. The average molecular weight is 329 g/mol. The maximum absolute atomic E-state index is 3.97. The van der Waals surface area contributed by atoms with Gasteiger partial charge in [-0.1, -0.05) is 41.5 Å². The molecular formula is C17H35N3Ti. The van der Waals surface area contributed by atoms with E-state index in [4.69, 9.17) is 0 Å². The Morgan fingerprint density at radius 2 is 1.05 bits per heavy atom. The molecule has 0 radical (unpaired) electrons. The first kappa shape index (κ1) is 29.1. The third kappa shape index (κ3) is 53.5. The van der Waals surface area contributed by atoms with Crippen molar-refractivity contribution in [2.75, 3.05) is 39.3 Å². The minimum absolute atomic E-state index is 0. The van der Waals surface area contributed by atoms with Crippen molar-refractivity contribution >= 4 is 0 Å². The molecule has 0 N–H and O–H groups in total. The second-order valence-corrected chi connectivity index (χ2v) is 3.57. The summed E-state index contributed by atoms with van der Waals surface area (Å²) in [5, 5.41) is 11.9. The number of allylic oxidation sites excluding steroid dienone is 4. The maximum Gasteiger partial charge on any atom is 4.00 e. The molecular weight excluding hydrogens is 294 g/mol. The van der Waals surface area contributed by atoms with Crippen LogP contribution in [0.1, 0.15) is 48.0 Å². The van der Waals surface area contributed by atoms with E-state index in [1.807, 2.05) is 53.7 Å². The predicted octanol–water partition coefficient (Wildman–Crippen LogP) is 5.50. The maximum atomic E-state index is 3.97. The van der Waals surface area contributed by atoms with Gasteiger partial charge in [-0.15, -0.1) is 6.42 Å². The Labute approximate surface area is 149 Å². The van der Waals surface area contributed by atoms with Crippen LogP contribution in [-0.2, 0) is 21.7 Å². The van der Waals surface area contributed by atoms with E-state index >= 15 is 0 Å². The average Bonchev–Trinajstić information content (AvgIpc) is 3.02. The summed E-state index contributed by atoms with van der Waals surface area (Å²) in [6.45, 7) is 18.1. The molecule has 0 aromatic carbocycles. The number of hydrogen-bond donors (Lipinski definition) is 0. The predicted molar refractivity (Wildman–Crippen MR) is 94.9 cm³/mol. The second-order valence-electron chi connectivity index (χ2n) is 3.57. The van der Waals surface area contributed by atoms with E-state index in [0.29, 0.717) is 0 Å². The van der Waals surface area contributed by atoms with E-state index in [0.717, 1.165) is 45.7 Å². The topological polar surface area (TPSA) is 42.3 Å². The first-order valence-electron chi connectivity index (χ1n) is 7.86. The van der Waals surface area contributed by atoms with Gasteiger partial charge in [-0.2, -0.15) is 45.3 Å². The fraction of sp³-hybridized carbons (Fsp3) is 0.765. The quantitative estimate of drug-likeness (QED) is 0.456. The van der Waals surface area contributed by atoms with Crippen LogP contribution in [0.15, 0.2) is 18.2 Å². The molecule has 4 heteroatoms. The van der Waals surface area contributed by atoms with Gasteiger partial charge in [-0.25, -0.2) is 12.2 Å². The summed E-state index contributed by atoms with van der Waals surface area (Å²) in [6, 6.07) is 0. The van der Waals surface area contributed by atoms with E-state index in [2.05, 4.69) is 28.1 Å². The van der Waals surface area contributed by atoms with Crippen molar-refractivity contribution in [2.24, 2.45) is 0 Å². The number of nitrogens with zero attached hydrogens (tertiary/aromatic N) is 3. The van der Waals surface area contributed by atoms with Crippen molar-refractivity contribution < 1.29 is 21.7 Å². The van der Waals surface area contributed by atoms with E-state index in [1.54, 1.807) is 0 Å². The summed E-state index contributed by atoms with van der Waals surface area (Å²) >= 11 is 0. The van der Waals surface area contributed by atoms with Crippen LogP contribution in [0.3, 0.4) is 0 Å². The van der Waals surface area contributed by atoms with Gasteiger partial charge in [0.1, 0.15) is 0 Å². The summed E-state index contributed by atoms with van der Waals surface area (Å²) in [5.74, 6) is 0. The molecule has 0 amide bonds. The molecule has 0 saturated heterocycles. The third-order valence-corrected chi connectivity index (χ3v) is 1.93. The molecule has 3 nitrogen and oxygen atoms in total. The van der Waals surface area contributed by atoms with E-state index < -0.39 is 0 Å². The van der Waals surface area contributed by atoms with Gasteiger partial charge in [0.2, 0.25) is 0 Å². The Morgan fingerprint density at radius 3 is 1.10 bits per heavy atom. The van der Waals surface area contributed by atoms with Crippen molar-refractivity contribution in [1.29, 1.82) is 0 Å². The van der Waals surface area contributed by atoms with Gasteiger partial charge < -0.3 is 16.0 Å². The normalized spacial score (nSPS) is 10.2. The van der Waals surface area contributed by atoms with Crippen molar-refractivity contribution in [3.8, 4) is 0 Å². The Kier molecular flexibility index (Phi) is 51.1. The molecule has 0 atom stereocenters. The first-order chi connectivity index (χ1) is 9.74. The molecule has 0 aliphatic heterocycles. The largest absolute Gasteiger partial charge is 4.00 e. The second kappa shape index (κ2) is 36.9. The molecule has 0 bridgehead atoms. The molecule has 1 aliphatic carbocycles. The molecule has 0 unspecified atom stereocenters. The van der Waals surface area contributed by atoms with Gasteiger partial charge in [-0.05, 0) is 0 Å². The molecule has 0 heterocycles. The zero-order valence-electron chi connectivity index (χ0n) is 15.0. The third-order valence-electron chi connectivity index (χ3n) is 1.93. The summed E-state index contributed by atoms with van der Waals surface area (Å²) in [4.78, 5) is 0. The molecule has 122 valence electrons. The van der Waals surface area contributed by atoms with E-state index in [9.17, 15) is 0 Å². The molecule has 1 rings (SSSR count). The Bertz CT molecular complexity index is 153. The smallest absolute Gasteiger partial charge is 0.663 e. The monoisotopic (exact) mass is 329 g/mol. The summed E-state index contributed by atoms with van der Waals surface area (Å²) in [6.07, 6.45) is 10.0. The fourth-order valence-electron chi connectivity index (χ4n) is 1.01. The number of rotatable bonds is 6. The molecule has 0 aromatic heterocycles. The van der Waals surface area contributed by atoms with Gasteiger partial charge in [0.25, 0.3) is 0 Å². The minimum Gasteiger partial charge on any atom is -0.663 e. The molecule has 0 fully saturated rings. The molecule has 0 saturated carbocycles. The Balaban J connectivity index is -0.0000000903. The zero-order valence-corrected chi connectivity index (χ0v) is 16.6. The fourth-order valence-corrected chi connectivity index (χ4v) is 1.01. The molecule has 21 heavy (non-hydrogen) atoms. The van der Waals surface area contributed by atoms with Crippen LogP contribution >= 0.6 is 0 Å². The van der Waals surface area contributed by atoms with Crippen LogP contribution < -0.4 is 0 Å². The minimum atomic E-state index is 0. The molecule has 1 aliphatic rings. The van der Waals surface area contributed by atoms with Gasteiger partial charge >= 0.3 is 21.7 Å². The van der Waals surface area contributed by atoms with Crippen molar-refractivity contribution in [3.05, 3.63) is 40.3 Å². The van der Waals surface area contributed by atoms with Crippen LogP contribution in [0.2, 0.25) is 0 Å². The van der Waals surface area contributed by atoms with Crippen LogP contribution in [-0.4, -0.2) is 39.3 Å². The summed E-state index contributed by atoms with van der Waals surface area (Å²) in [5.41, 5.74) is 0. The molecule has 0 spiro atoms. The standard InChI is InChI=1S/C5H5.3C4H10N.Ti/c1-2-4-5-3-1;3*1-3-5-4-2;/h1-3H,4H2;3*3-4H2,1-2H3;/q4*-1;+4. The number of hydrogen-bond acceptors (Lipinski definition) is 0. The SMILES string of the molecule is CC[N-]CC.CC[N-]CC.CC[N-]CC.[C-]1=CC=CC1.[Ti+4]. The first-order valence-corrected chi connectivity index (χ1v) is 7.86. The Hall–Kier alpha value is 0.0743. The van der Waals surface area contributed by atoms with Gasteiger partial charge in [0.15, 0.2) is 0 Å². The van der Waals surface area contributed by atoms with Crippen LogP contribution in [0.4, 0.5) is 0 Å². The van der Waals surface area contributed by atoms with Crippen molar-refractivity contribution in [3.63, 3.8) is 0 Å².